The summed E-state index contributed by atoms with van der Waals surface area (Å²) in [7, 11) is 0. The van der Waals surface area contributed by atoms with Crippen LogP contribution in [0.5, 0.6) is 0 Å². The number of carbonyl (C=O) groups excluding carboxylic acids is 2. The second-order valence-electron chi connectivity index (χ2n) is 9.61. The number of amides is 2. The number of benzene rings is 4. The van der Waals surface area contributed by atoms with Crippen LogP contribution in [0.1, 0.15) is 33.2 Å². The van der Waals surface area contributed by atoms with Gasteiger partial charge < -0.3 is 0 Å². The normalized spacial score (nSPS) is 14.1. The maximum atomic E-state index is 13.2. The van der Waals surface area contributed by atoms with Crippen molar-refractivity contribution < 1.29 is 9.59 Å². The fourth-order valence-electron chi connectivity index (χ4n) is 5.01. The van der Waals surface area contributed by atoms with E-state index in [4.69, 9.17) is 0 Å². The average Bonchev–Trinajstić information content (AvgIpc) is 3.01. The Bertz CT molecular complexity index is 1390. The van der Waals surface area contributed by atoms with E-state index >= 15 is 0 Å². The molecule has 0 radical (unpaired) electrons. The molecule has 5 rings (SSSR count). The van der Waals surface area contributed by atoms with E-state index in [1.807, 2.05) is 54.3 Å². The molecule has 0 aliphatic carbocycles. The summed E-state index contributed by atoms with van der Waals surface area (Å²) in [6, 6.07) is 37.1. The van der Waals surface area contributed by atoms with Gasteiger partial charge in [0.15, 0.2) is 0 Å². The van der Waals surface area contributed by atoms with Gasteiger partial charge in [-0.3, -0.25) is 0 Å². The molecule has 1 fully saturated rings. The molecular weight excluding hydrogens is 545 g/mol. The van der Waals surface area contributed by atoms with Gasteiger partial charge in [-0.15, -0.1) is 0 Å². The number of nitrogens with zero attached hydrogens (tertiary/aromatic N) is 2. The summed E-state index contributed by atoms with van der Waals surface area (Å²) >= 11 is -1.89. The number of hydrogen-bond donors (Lipinski definition) is 1. The quantitative estimate of drug-likeness (QED) is 0.324. The minimum atomic E-state index is -1.89. The van der Waals surface area contributed by atoms with Crippen molar-refractivity contribution in [3.63, 3.8) is 0 Å². The first-order valence-corrected chi connectivity index (χ1v) is 16.7. The van der Waals surface area contributed by atoms with E-state index in [9.17, 15) is 9.59 Å². The monoisotopic (exact) mass is 579 g/mol. The molecule has 0 aromatic heterocycles. The first-order valence-electron chi connectivity index (χ1n) is 13.5. The molecule has 0 bridgehead atoms. The van der Waals surface area contributed by atoms with Crippen molar-refractivity contribution in [3.8, 4) is 0 Å². The standard InChI is InChI=1S/C33H34AsN3O2/c1-2-35-32(38)30-19-18-29(36-20-22-37(23-21-36)33(39)27-14-8-4-9-15-27)24-31(30)34(28-16-10-5-11-17-28)25-26-12-6-3-7-13-26/h3-19,24H,2,20-23,25H2,1H3,(H,35,38). The van der Waals surface area contributed by atoms with Gasteiger partial charge in [0.2, 0.25) is 0 Å². The summed E-state index contributed by atoms with van der Waals surface area (Å²) in [4.78, 5) is 30.5. The number of carbonyl (C=O) groups is 2. The van der Waals surface area contributed by atoms with E-state index in [1.54, 1.807) is 0 Å². The van der Waals surface area contributed by atoms with Crippen molar-refractivity contribution >= 4 is 40.9 Å². The van der Waals surface area contributed by atoms with E-state index in [0.717, 1.165) is 35.1 Å². The first kappa shape index (κ1) is 26.8. The van der Waals surface area contributed by atoms with E-state index in [0.29, 0.717) is 19.6 Å². The molecule has 1 heterocycles. The Morgan fingerprint density at radius 2 is 1.38 bits per heavy atom. The van der Waals surface area contributed by atoms with Crippen LogP contribution in [0.15, 0.2) is 109 Å². The molecule has 6 heteroatoms. The summed E-state index contributed by atoms with van der Waals surface area (Å²) < 4.78 is 2.50. The van der Waals surface area contributed by atoms with Gasteiger partial charge in [0.1, 0.15) is 0 Å². The van der Waals surface area contributed by atoms with Gasteiger partial charge in [0.25, 0.3) is 0 Å². The Labute approximate surface area is 235 Å². The van der Waals surface area contributed by atoms with Crippen LogP contribution < -0.4 is 18.9 Å². The number of nitrogens with one attached hydrogen (secondary N) is 1. The van der Waals surface area contributed by atoms with Crippen LogP contribution in [0.3, 0.4) is 0 Å². The van der Waals surface area contributed by atoms with Crippen LogP contribution >= 0.6 is 0 Å². The molecule has 1 saturated heterocycles. The van der Waals surface area contributed by atoms with Crippen LogP contribution in [-0.2, 0) is 5.21 Å². The Kier molecular flexibility index (Phi) is 8.80. The molecule has 4 aromatic carbocycles. The van der Waals surface area contributed by atoms with Crippen molar-refractivity contribution in [2.75, 3.05) is 37.6 Å². The predicted octanol–water partition coefficient (Wildman–Crippen LogP) is 3.79. The average molecular weight is 580 g/mol. The molecule has 0 spiro atoms. The molecule has 1 atom stereocenters. The molecule has 1 N–H and O–H groups in total. The molecule has 1 aliphatic rings. The molecular formula is C33H34AsN3O2. The second-order valence-corrected chi connectivity index (χ2v) is 14.2. The van der Waals surface area contributed by atoms with Gasteiger partial charge >= 0.3 is 236 Å². The summed E-state index contributed by atoms with van der Waals surface area (Å²) in [6.07, 6.45) is 0. The van der Waals surface area contributed by atoms with E-state index in [1.165, 1.54) is 14.3 Å². The van der Waals surface area contributed by atoms with Crippen molar-refractivity contribution in [2.24, 2.45) is 0 Å². The third kappa shape index (κ3) is 6.43. The van der Waals surface area contributed by atoms with E-state index < -0.39 is 14.7 Å². The van der Waals surface area contributed by atoms with Crippen molar-refractivity contribution in [2.45, 2.75) is 12.1 Å². The van der Waals surface area contributed by atoms with E-state index in [2.05, 4.69) is 76.9 Å². The summed E-state index contributed by atoms with van der Waals surface area (Å²) in [6.45, 7) is 5.41. The van der Waals surface area contributed by atoms with Gasteiger partial charge in [-0.25, -0.2) is 0 Å². The first-order chi connectivity index (χ1) is 19.1. The van der Waals surface area contributed by atoms with Crippen molar-refractivity contribution in [1.29, 1.82) is 0 Å². The van der Waals surface area contributed by atoms with Gasteiger partial charge in [-0.2, -0.15) is 0 Å². The third-order valence-corrected chi connectivity index (χ3v) is 12.4. The van der Waals surface area contributed by atoms with E-state index in [-0.39, 0.29) is 11.8 Å². The third-order valence-electron chi connectivity index (χ3n) is 7.06. The van der Waals surface area contributed by atoms with Crippen LogP contribution in [0, 0.1) is 0 Å². The van der Waals surface area contributed by atoms with Crippen LogP contribution in [-0.4, -0.2) is 64.1 Å². The van der Waals surface area contributed by atoms with Crippen LogP contribution in [0.25, 0.3) is 0 Å². The van der Waals surface area contributed by atoms with Crippen LogP contribution in [0.2, 0.25) is 0 Å². The Hall–Kier alpha value is -3.82. The molecule has 1 unspecified atom stereocenters. The van der Waals surface area contributed by atoms with Gasteiger partial charge in [0, 0.05) is 0 Å². The molecule has 4 aromatic rings. The van der Waals surface area contributed by atoms with Gasteiger partial charge in [-0.1, -0.05) is 0 Å². The van der Waals surface area contributed by atoms with Crippen molar-refractivity contribution in [1.82, 2.24) is 10.2 Å². The number of rotatable bonds is 8. The Morgan fingerprint density at radius 1 is 0.769 bits per heavy atom. The zero-order valence-corrected chi connectivity index (χ0v) is 24.2. The van der Waals surface area contributed by atoms with Crippen LogP contribution in [0.4, 0.5) is 5.69 Å². The van der Waals surface area contributed by atoms with Gasteiger partial charge in [-0.05, 0) is 0 Å². The molecule has 5 nitrogen and oxygen atoms in total. The molecule has 2 amide bonds. The second kappa shape index (κ2) is 12.8. The summed E-state index contributed by atoms with van der Waals surface area (Å²) in [5.41, 5.74) is 3.92. The zero-order valence-electron chi connectivity index (χ0n) is 22.3. The molecule has 1 aliphatic heterocycles. The number of hydrogen-bond acceptors (Lipinski definition) is 3. The van der Waals surface area contributed by atoms with Crippen molar-refractivity contribution in [3.05, 3.63) is 126 Å². The zero-order chi connectivity index (χ0) is 27.0. The SMILES string of the molecule is CCNC(=O)c1ccc(N2CCN(C(=O)c3ccccc3)CC2)cc1[As](Cc1ccccc1)c1ccccc1. The van der Waals surface area contributed by atoms with Gasteiger partial charge in [0.05, 0.1) is 0 Å². The number of anilines is 1. The maximum absolute atomic E-state index is 13.2. The molecule has 39 heavy (non-hydrogen) atoms. The minimum absolute atomic E-state index is 0.0132. The topological polar surface area (TPSA) is 52.7 Å². The molecule has 198 valence electrons. The fourth-order valence-corrected chi connectivity index (χ4v) is 10.2. The molecule has 0 saturated carbocycles. The predicted molar refractivity (Wildman–Crippen MR) is 161 cm³/mol. The summed E-state index contributed by atoms with van der Waals surface area (Å²) in [5, 5.41) is 3.97. The summed E-state index contributed by atoms with van der Waals surface area (Å²) in [5.74, 6) is 0.0722. The Balaban J connectivity index is 1.45. The number of piperazine rings is 1. The fraction of sp³-hybridized carbons (Fsp3) is 0.212. The Morgan fingerprint density at radius 3 is 2.03 bits per heavy atom.